The van der Waals surface area contributed by atoms with Crippen LogP contribution in [0.4, 0.5) is 8.78 Å². The molecule has 2 aromatic rings. The number of esters is 1. The Hall–Kier alpha value is -2.25. The number of methoxy groups -OCH3 is 1. The van der Waals surface area contributed by atoms with Gasteiger partial charge in [-0.2, -0.15) is 5.10 Å². The molecule has 0 N–H and O–H groups in total. The summed E-state index contributed by atoms with van der Waals surface area (Å²) >= 11 is 0. The highest BCUT2D eigenvalue weighted by atomic mass is 19.3. The first kappa shape index (κ1) is 16.1. The smallest absolute Gasteiger partial charge is 0.307 e. The van der Waals surface area contributed by atoms with Gasteiger partial charge in [-0.15, -0.1) is 0 Å². The van der Waals surface area contributed by atoms with Gasteiger partial charge in [-0.25, -0.2) is 8.78 Å². The summed E-state index contributed by atoms with van der Waals surface area (Å²) in [5, 5.41) is 4.50. The second-order valence-corrected chi connectivity index (χ2v) is 4.82. The minimum absolute atomic E-state index is 0.0302. The molecule has 0 fully saturated rings. The van der Waals surface area contributed by atoms with Gasteiger partial charge in [0.15, 0.2) is 5.65 Å². The van der Waals surface area contributed by atoms with Crippen LogP contribution in [0.2, 0.25) is 0 Å². The van der Waals surface area contributed by atoms with Crippen LogP contribution < -0.4 is 5.56 Å². The number of rotatable bonds is 5. The fourth-order valence-electron chi connectivity index (χ4n) is 2.45. The van der Waals surface area contributed by atoms with E-state index in [-0.39, 0.29) is 29.6 Å². The van der Waals surface area contributed by atoms with Gasteiger partial charge in [0.2, 0.25) is 0 Å². The molecular formula is C14H17F2N3O3. The zero-order chi connectivity index (χ0) is 16.4. The SMILES string of the molecule is CCn1nc2c(c(C(F)F)cc(=O)n2CCC(=O)OC)c1C. The van der Waals surface area contributed by atoms with Gasteiger partial charge in [-0.3, -0.25) is 18.8 Å². The van der Waals surface area contributed by atoms with E-state index in [1.807, 2.05) is 6.92 Å². The predicted octanol–water partition coefficient (Wildman–Crippen LogP) is 2.03. The van der Waals surface area contributed by atoms with Crippen molar-refractivity contribution < 1.29 is 18.3 Å². The topological polar surface area (TPSA) is 66.1 Å². The van der Waals surface area contributed by atoms with E-state index in [2.05, 4.69) is 9.84 Å². The zero-order valence-corrected chi connectivity index (χ0v) is 12.6. The van der Waals surface area contributed by atoms with Crippen molar-refractivity contribution in [3.8, 4) is 0 Å². The quantitative estimate of drug-likeness (QED) is 0.792. The van der Waals surface area contributed by atoms with E-state index < -0.39 is 18.0 Å². The van der Waals surface area contributed by atoms with Crippen LogP contribution in [0.1, 0.15) is 31.0 Å². The molecule has 0 spiro atoms. The summed E-state index contributed by atoms with van der Waals surface area (Å²) in [6, 6.07) is 0.916. The molecule has 2 rings (SSSR count). The van der Waals surface area contributed by atoms with Crippen molar-refractivity contribution in [3.63, 3.8) is 0 Å². The van der Waals surface area contributed by atoms with Crippen molar-refractivity contribution in [1.82, 2.24) is 14.3 Å². The van der Waals surface area contributed by atoms with E-state index in [1.165, 1.54) is 11.7 Å². The number of carbonyl (C=O) groups is 1. The fourth-order valence-corrected chi connectivity index (χ4v) is 2.45. The van der Waals surface area contributed by atoms with Crippen molar-refractivity contribution >= 4 is 17.0 Å². The third-order valence-corrected chi connectivity index (χ3v) is 3.58. The van der Waals surface area contributed by atoms with E-state index in [0.717, 1.165) is 6.07 Å². The molecule has 0 aliphatic carbocycles. The number of fused-ring (bicyclic) bond motifs is 1. The summed E-state index contributed by atoms with van der Waals surface area (Å²) in [4.78, 5) is 23.3. The van der Waals surface area contributed by atoms with E-state index in [1.54, 1.807) is 11.6 Å². The number of hydrogen-bond donors (Lipinski definition) is 0. The second-order valence-electron chi connectivity index (χ2n) is 4.82. The number of ether oxygens (including phenoxy) is 1. The number of nitrogens with zero attached hydrogens (tertiary/aromatic N) is 3. The van der Waals surface area contributed by atoms with Gasteiger partial charge in [0.05, 0.1) is 13.5 Å². The Kier molecular flexibility index (Phi) is 4.58. The highest BCUT2D eigenvalue weighted by Gasteiger charge is 2.21. The molecule has 0 saturated carbocycles. The summed E-state index contributed by atoms with van der Waals surface area (Å²) in [6.07, 6.45) is -2.80. The summed E-state index contributed by atoms with van der Waals surface area (Å²) in [6.45, 7) is 4.04. The van der Waals surface area contributed by atoms with Crippen LogP contribution in [0.5, 0.6) is 0 Å². The molecule has 0 atom stereocenters. The lowest BCUT2D eigenvalue weighted by Crippen LogP contribution is -2.23. The van der Waals surface area contributed by atoms with Crippen molar-refractivity contribution in [2.45, 2.75) is 39.8 Å². The van der Waals surface area contributed by atoms with Gasteiger partial charge in [0, 0.05) is 35.8 Å². The monoisotopic (exact) mass is 313 g/mol. The van der Waals surface area contributed by atoms with E-state index >= 15 is 0 Å². The zero-order valence-electron chi connectivity index (χ0n) is 12.6. The Morgan fingerprint density at radius 2 is 2.14 bits per heavy atom. The van der Waals surface area contributed by atoms with Gasteiger partial charge >= 0.3 is 5.97 Å². The van der Waals surface area contributed by atoms with E-state index in [0.29, 0.717) is 12.2 Å². The highest BCUT2D eigenvalue weighted by Crippen LogP contribution is 2.28. The maximum atomic E-state index is 13.2. The normalized spacial score (nSPS) is 11.4. The fraction of sp³-hybridized carbons (Fsp3) is 0.500. The summed E-state index contributed by atoms with van der Waals surface area (Å²) in [7, 11) is 1.25. The van der Waals surface area contributed by atoms with Crippen LogP contribution in [0.25, 0.3) is 11.0 Å². The molecule has 0 unspecified atom stereocenters. The Bertz CT molecular complexity index is 765. The summed E-state index contributed by atoms with van der Waals surface area (Å²) < 4.78 is 33.8. The average molecular weight is 313 g/mol. The van der Waals surface area contributed by atoms with Gasteiger partial charge in [0.1, 0.15) is 0 Å². The molecule has 2 aromatic heterocycles. The second kappa shape index (κ2) is 6.25. The molecule has 0 bridgehead atoms. The Labute approximate surface area is 125 Å². The maximum Gasteiger partial charge on any atom is 0.307 e. The number of aromatic nitrogens is 3. The first-order valence-electron chi connectivity index (χ1n) is 6.86. The first-order chi connectivity index (χ1) is 10.4. The number of pyridine rings is 1. The molecule has 0 saturated heterocycles. The molecule has 120 valence electrons. The molecule has 6 nitrogen and oxygen atoms in total. The minimum atomic E-state index is -2.77. The van der Waals surface area contributed by atoms with Crippen molar-refractivity contribution in [1.29, 1.82) is 0 Å². The Morgan fingerprint density at radius 3 is 2.68 bits per heavy atom. The highest BCUT2D eigenvalue weighted by molar-refractivity contribution is 5.82. The minimum Gasteiger partial charge on any atom is -0.469 e. The molecule has 2 heterocycles. The molecule has 0 amide bonds. The lowest BCUT2D eigenvalue weighted by Gasteiger charge is -2.09. The predicted molar refractivity (Wildman–Crippen MR) is 76.0 cm³/mol. The molecule has 0 aliphatic heterocycles. The van der Waals surface area contributed by atoms with Crippen molar-refractivity contribution in [2.75, 3.05) is 7.11 Å². The van der Waals surface area contributed by atoms with Gasteiger partial charge in [-0.1, -0.05) is 0 Å². The van der Waals surface area contributed by atoms with Crippen LogP contribution in [0, 0.1) is 6.92 Å². The molecule has 0 aliphatic rings. The largest absolute Gasteiger partial charge is 0.469 e. The van der Waals surface area contributed by atoms with Crippen molar-refractivity contribution in [3.05, 3.63) is 27.7 Å². The number of hydrogen-bond acceptors (Lipinski definition) is 4. The van der Waals surface area contributed by atoms with E-state index in [9.17, 15) is 18.4 Å². The number of aryl methyl sites for hydroxylation is 3. The third kappa shape index (κ3) is 2.72. The standard InChI is InChI=1S/C14H17F2N3O3/c1-4-19-8(2)12-9(13(15)16)7-10(20)18(14(12)17-19)6-5-11(21)22-3/h7,13H,4-6H2,1-3H3. The molecular weight excluding hydrogens is 296 g/mol. The Balaban J connectivity index is 2.67. The lowest BCUT2D eigenvalue weighted by molar-refractivity contribution is -0.140. The third-order valence-electron chi connectivity index (χ3n) is 3.58. The summed E-state index contributed by atoms with van der Waals surface area (Å²) in [5.41, 5.74) is -0.190. The Morgan fingerprint density at radius 1 is 1.45 bits per heavy atom. The number of alkyl halides is 2. The van der Waals surface area contributed by atoms with Gasteiger partial charge < -0.3 is 4.74 Å². The maximum absolute atomic E-state index is 13.2. The van der Waals surface area contributed by atoms with Crippen molar-refractivity contribution in [2.24, 2.45) is 0 Å². The number of halogens is 2. The molecule has 0 radical (unpaired) electrons. The van der Waals surface area contributed by atoms with Crippen LogP contribution in [-0.2, 0) is 22.6 Å². The van der Waals surface area contributed by atoms with E-state index in [4.69, 9.17) is 0 Å². The molecule has 0 aromatic carbocycles. The first-order valence-corrected chi connectivity index (χ1v) is 6.86. The molecule has 8 heteroatoms. The van der Waals surface area contributed by atoms with Gasteiger partial charge in [0.25, 0.3) is 12.0 Å². The lowest BCUT2D eigenvalue weighted by atomic mass is 10.1. The van der Waals surface area contributed by atoms with Crippen LogP contribution >= 0.6 is 0 Å². The average Bonchev–Trinajstić information content (AvgIpc) is 2.82. The number of carbonyl (C=O) groups excluding carboxylic acids is 1. The van der Waals surface area contributed by atoms with Crippen LogP contribution in [0.3, 0.4) is 0 Å². The molecule has 22 heavy (non-hydrogen) atoms. The van der Waals surface area contributed by atoms with Crippen LogP contribution in [-0.4, -0.2) is 27.4 Å². The summed E-state index contributed by atoms with van der Waals surface area (Å²) in [5.74, 6) is -0.482. The van der Waals surface area contributed by atoms with Gasteiger partial charge in [-0.05, 0) is 13.8 Å². The van der Waals surface area contributed by atoms with Crippen LogP contribution in [0.15, 0.2) is 10.9 Å².